The number of H-pyrrole nitrogens is 1. The van der Waals surface area contributed by atoms with Crippen LogP contribution in [0.15, 0.2) is 60.8 Å². The molecule has 3 aromatic rings. The first-order chi connectivity index (χ1) is 14.1. The Labute approximate surface area is 166 Å². The maximum atomic E-state index is 13.2. The molecule has 0 saturated carbocycles. The number of aromatic nitrogens is 2. The molecule has 0 unspecified atom stereocenters. The number of nitrogens with one attached hydrogen (secondary N) is 2. The van der Waals surface area contributed by atoms with Gasteiger partial charge >= 0.3 is 0 Å². The first-order valence-corrected chi connectivity index (χ1v) is 9.27. The molecule has 0 aliphatic carbocycles. The molecule has 8 nitrogen and oxygen atoms in total. The SMILES string of the molecule is O=C(CCN1C(=O)c2ccccc2N2C(=O)c3ccccc3[C@@H]12)Nc1ccn[nH]1. The number of hydrogen-bond donors (Lipinski definition) is 2. The van der Waals surface area contributed by atoms with Crippen molar-refractivity contribution < 1.29 is 14.4 Å². The minimum Gasteiger partial charge on any atom is -0.313 e. The molecule has 2 aliphatic heterocycles. The summed E-state index contributed by atoms with van der Waals surface area (Å²) in [4.78, 5) is 41.9. The standard InChI is InChI=1S/C21H17N5O3/c27-18(23-17-9-11-22-24-17)10-12-25-19-13-5-1-2-6-14(13)21(29)26(19)16-8-4-3-7-15(16)20(25)28/h1-9,11,19H,10,12H2,(H2,22,23,24,27)/t19-/m0/s1. The van der Waals surface area contributed by atoms with Gasteiger partial charge in [-0.15, -0.1) is 0 Å². The van der Waals surface area contributed by atoms with Crippen LogP contribution in [0.1, 0.15) is 38.9 Å². The van der Waals surface area contributed by atoms with Crippen molar-refractivity contribution in [2.75, 3.05) is 16.8 Å². The second-order valence-corrected chi connectivity index (χ2v) is 6.92. The molecule has 0 radical (unpaired) electrons. The van der Waals surface area contributed by atoms with Gasteiger partial charge in [-0.2, -0.15) is 5.10 Å². The fourth-order valence-corrected chi connectivity index (χ4v) is 3.96. The average molecular weight is 387 g/mol. The Bertz CT molecular complexity index is 1120. The van der Waals surface area contributed by atoms with Crippen LogP contribution in [0.25, 0.3) is 0 Å². The zero-order valence-electron chi connectivity index (χ0n) is 15.3. The van der Waals surface area contributed by atoms with Crippen LogP contribution in [0.3, 0.4) is 0 Å². The number of hydrogen-bond acceptors (Lipinski definition) is 4. The highest BCUT2D eigenvalue weighted by molar-refractivity contribution is 6.16. The number of rotatable bonds is 4. The van der Waals surface area contributed by atoms with Crippen LogP contribution in [0, 0.1) is 0 Å². The number of anilines is 2. The van der Waals surface area contributed by atoms with E-state index >= 15 is 0 Å². The summed E-state index contributed by atoms with van der Waals surface area (Å²) in [6, 6.07) is 16.0. The molecule has 5 rings (SSSR count). The Balaban J connectivity index is 1.48. The fraction of sp³-hybridized carbons (Fsp3) is 0.143. The Morgan fingerprint density at radius 3 is 2.55 bits per heavy atom. The lowest BCUT2D eigenvalue weighted by Crippen LogP contribution is -2.49. The molecule has 3 heterocycles. The quantitative estimate of drug-likeness (QED) is 0.719. The van der Waals surface area contributed by atoms with Crippen LogP contribution in [-0.2, 0) is 4.79 Å². The van der Waals surface area contributed by atoms with Crippen molar-refractivity contribution in [3.63, 3.8) is 0 Å². The molecule has 2 aliphatic rings. The highest BCUT2D eigenvalue weighted by Gasteiger charge is 2.47. The summed E-state index contributed by atoms with van der Waals surface area (Å²) in [7, 11) is 0. The average Bonchev–Trinajstić information content (AvgIpc) is 3.35. The van der Waals surface area contributed by atoms with Gasteiger partial charge in [-0.05, 0) is 18.2 Å². The number of carbonyl (C=O) groups excluding carboxylic acids is 3. The molecule has 2 aromatic carbocycles. The van der Waals surface area contributed by atoms with E-state index in [1.807, 2.05) is 24.3 Å². The molecule has 3 amide bonds. The highest BCUT2D eigenvalue weighted by atomic mass is 16.2. The van der Waals surface area contributed by atoms with Crippen molar-refractivity contribution in [2.24, 2.45) is 0 Å². The van der Waals surface area contributed by atoms with E-state index in [-0.39, 0.29) is 30.7 Å². The van der Waals surface area contributed by atoms with E-state index < -0.39 is 6.17 Å². The predicted molar refractivity (Wildman–Crippen MR) is 105 cm³/mol. The zero-order chi connectivity index (χ0) is 20.0. The van der Waals surface area contributed by atoms with Crippen LogP contribution in [0.5, 0.6) is 0 Å². The van der Waals surface area contributed by atoms with Gasteiger partial charge in [0.15, 0.2) is 0 Å². The van der Waals surface area contributed by atoms with E-state index in [1.54, 1.807) is 46.3 Å². The summed E-state index contributed by atoms with van der Waals surface area (Å²) in [6.07, 6.45) is 1.08. The highest BCUT2D eigenvalue weighted by Crippen LogP contribution is 2.45. The van der Waals surface area contributed by atoms with E-state index in [4.69, 9.17) is 0 Å². The van der Waals surface area contributed by atoms with Crippen LogP contribution in [0.4, 0.5) is 11.5 Å². The van der Waals surface area contributed by atoms with Gasteiger partial charge in [-0.1, -0.05) is 30.3 Å². The first kappa shape index (κ1) is 17.2. The van der Waals surface area contributed by atoms with Crippen LogP contribution < -0.4 is 10.2 Å². The van der Waals surface area contributed by atoms with E-state index in [0.29, 0.717) is 22.6 Å². The van der Waals surface area contributed by atoms with Gasteiger partial charge in [-0.25, -0.2) is 0 Å². The van der Waals surface area contributed by atoms with Gasteiger partial charge in [0.2, 0.25) is 5.91 Å². The number of aromatic amines is 1. The lowest BCUT2D eigenvalue weighted by molar-refractivity contribution is -0.116. The zero-order valence-corrected chi connectivity index (χ0v) is 15.3. The van der Waals surface area contributed by atoms with Crippen molar-refractivity contribution in [1.82, 2.24) is 15.1 Å². The number of para-hydroxylation sites is 1. The molecule has 0 fully saturated rings. The number of amides is 3. The van der Waals surface area contributed by atoms with E-state index in [1.165, 1.54) is 0 Å². The summed E-state index contributed by atoms with van der Waals surface area (Å²) in [5, 5.41) is 9.17. The van der Waals surface area contributed by atoms with Gasteiger partial charge in [0.05, 0.1) is 17.4 Å². The third kappa shape index (κ3) is 2.68. The molecule has 2 N–H and O–H groups in total. The molecule has 1 atom stereocenters. The topological polar surface area (TPSA) is 98.4 Å². The van der Waals surface area contributed by atoms with Gasteiger partial charge in [-0.3, -0.25) is 24.4 Å². The number of carbonyl (C=O) groups is 3. The number of benzene rings is 2. The van der Waals surface area contributed by atoms with Crippen molar-refractivity contribution in [3.05, 3.63) is 77.5 Å². The summed E-state index contributed by atoms with van der Waals surface area (Å²) in [6.45, 7) is 0.177. The smallest absolute Gasteiger partial charge is 0.260 e. The Kier molecular flexibility index (Phi) is 3.90. The summed E-state index contributed by atoms with van der Waals surface area (Å²) >= 11 is 0. The summed E-state index contributed by atoms with van der Waals surface area (Å²) in [5.74, 6) is -0.0865. The van der Waals surface area contributed by atoms with Crippen molar-refractivity contribution in [1.29, 1.82) is 0 Å². The van der Waals surface area contributed by atoms with Crippen molar-refractivity contribution in [2.45, 2.75) is 12.6 Å². The lowest BCUT2D eigenvalue weighted by atomic mass is 10.0. The predicted octanol–water partition coefficient (Wildman–Crippen LogP) is 2.55. The Morgan fingerprint density at radius 2 is 1.76 bits per heavy atom. The largest absolute Gasteiger partial charge is 0.313 e. The van der Waals surface area contributed by atoms with E-state index in [0.717, 1.165) is 5.56 Å². The number of nitrogens with zero attached hydrogens (tertiary/aromatic N) is 3. The molecule has 144 valence electrons. The van der Waals surface area contributed by atoms with Crippen LogP contribution >= 0.6 is 0 Å². The molecule has 1 aromatic heterocycles. The third-order valence-corrected chi connectivity index (χ3v) is 5.24. The molecule has 0 spiro atoms. The van der Waals surface area contributed by atoms with Crippen molar-refractivity contribution in [3.8, 4) is 0 Å². The minimum absolute atomic E-state index is 0.0909. The molecule has 0 saturated heterocycles. The molecule has 0 bridgehead atoms. The second kappa shape index (κ2) is 6.59. The molecule has 8 heteroatoms. The molecular weight excluding hydrogens is 370 g/mol. The Hall–Kier alpha value is -3.94. The van der Waals surface area contributed by atoms with Crippen LogP contribution in [-0.4, -0.2) is 39.4 Å². The monoisotopic (exact) mass is 387 g/mol. The van der Waals surface area contributed by atoms with E-state index in [9.17, 15) is 14.4 Å². The fourth-order valence-electron chi connectivity index (χ4n) is 3.96. The third-order valence-electron chi connectivity index (χ3n) is 5.24. The lowest BCUT2D eigenvalue weighted by Gasteiger charge is -2.40. The van der Waals surface area contributed by atoms with Gasteiger partial charge in [0, 0.05) is 30.2 Å². The van der Waals surface area contributed by atoms with Crippen molar-refractivity contribution >= 4 is 29.2 Å². The summed E-state index contributed by atoms with van der Waals surface area (Å²) < 4.78 is 0. The second-order valence-electron chi connectivity index (χ2n) is 6.92. The first-order valence-electron chi connectivity index (χ1n) is 9.27. The number of fused-ring (bicyclic) bond motifs is 5. The Morgan fingerprint density at radius 1 is 1.00 bits per heavy atom. The maximum Gasteiger partial charge on any atom is 0.260 e. The van der Waals surface area contributed by atoms with Gasteiger partial charge in [0.25, 0.3) is 11.8 Å². The van der Waals surface area contributed by atoms with E-state index in [2.05, 4.69) is 15.5 Å². The van der Waals surface area contributed by atoms with Gasteiger partial charge in [0.1, 0.15) is 12.0 Å². The minimum atomic E-state index is -0.555. The van der Waals surface area contributed by atoms with Crippen LogP contribution in [0.2, 0.25) is 0 Å². The molecular formula is C21H17N5O3. The van der Waals surface area contributed by atoms with Gasteiger partial charge < -0.3 is 10.2 Å². The maximum absolute atomic E-state index is 13.2. The molecule has 29 heavy (non-hydrogen) atoms. The normalized spacial score (nSPS) is 17.0. The summed E-state index contributed by atoms with van der Waals surface area (Å²) in [5.41, 5.74) is 2.41.